The summed E-state index contributed by atoms with van der Waals surface area (Å²) in [6.07, 6.45) is -2.70. The zero-order valence-electron chi connectivity index (χ0n) is 14.3. The molecule has 0 saturated carbocycles. The summed E-state index contributed by atoms with van der Waals surface area (Å²) in [6.45, 7) is 5.63. The van der Waals surface area contributed by atoms with Crippen molar-refractivity contribution in [1.29, 1.82) is 0 Å². The van der Waals surface area contributed by atoms with Crippen LogP contribution in [0, 0.1) is 6.92 Å². The summed E-state index contributed by atoms with van der Waals surface area (Å²) < 4.78 is 39.0. The molecule has 2 aliphatic heterocycles. The van der Waals surface area contributed by atoms with E-state index in [1.807, 2.05) is 19.1 Å². The number of rotatable bonds is 1. The molecule has 0 atom stereocenters. The topological polar surface area (TPSA) is 39.7 Å². The van der Waals surface area contributed by atoms with Crippen molar-refractivity contribution in [2.45, 2.75) is 13.1 Å². The van der Waals surface area contributed by atoms with Crippen LogP contribution in [0.1, 0.15) is 16.7 Å². The molecule has 2 aromatic rings. The van der Waals surface area contributed by atoms with E-state index in [1.54, 1.807) is 6.21 Å². The van der Waals surface area contributed by atoms with Crippen LogP contribution < -0.4 is 15.5 Å². The first-order chi connectivity index (χ1) is 12.4. The third kappa shape index (κ3) is 3.03. The molecule has 2 aromatic carbocycles. The van der Waals surface area contributed by atoms with Gasteiger partial charge in [0.05, 0.1) is 22.6 Å². The lowest BCUT2D eigenvalue weighted by atomic mass is 10.0. The van der Waals surface area contributed by atoms with E-state index < -0.39 is 11.7 Å². The Morgan fingerprint density at radius 3 is 2.50 bits per heavy atom. The van der Waals surface area contributed by atoms with Gasteiger partial charge in [-0.1, -0.05) is 6.07 Å². The van der Waals surface area contributed by atoms with Gasteiger partial charge in [-0.3, -0.25) is 4.99 Å². The quantitative estimate of drug-likeness (QED) is 0.682. The number of hydrogen-bond acceptors (Lipinski definition) is 4. The maximum atomic E-state index is 13.0. The highest BCUT2D eigenvalue weighted by Crippen LogP contribution is 2.40. The van der Waals surface area contributed by atoms with Crippen LogP contribution >= 0.6 is 0 Å². The second-order valence-corrected chi connectivity index (χ2v) is 6.54. The summed E-state index contributed by atoms with van der Waals surface area (Å²) >= 11 is 0. The van der Waals surface area contributed by atoms with Crippen LogP contribution in [-0.4, -0.2) is 32.4 Å². The van der Waals surface area contributed by atoms with Gasteiger partial charge in [-0.15, -0.1) is 0 Å². The maximum Gasteiger partial charge on any atom is 0.416 e. The number of aryl methyl sites for hydroxylation is 1. The van der Waals surface area contributed by atoms with Crippen molar-refractivity contribution in [3.63, 3.8) is 0 Å². The SMILES string of the molecule is Cc1ccc2c(c1N1CCNCC1)C=Nc1cc(C(F)(F)F)ccc1N2. The number of alkyl halides is 3. The Labute approximate surface area is 149 Å². The van der Waals surface area contributed by atoms with Crippen molar-refractivity contribution in [3.8, 4) is 0 Å². The normalized spacial score (nSPS) is 16.5. The molecule has 0 aliphatic carbocycles. The number of aliphatic imine (C=N–C) groups is 1. The lowest BCUT2D eigenvalue weighted by Crippen LogP contribution is -2.44. The van der Waals surface area contributed by atoms with E-state index in [2.05, 4.69) is 20.5 Å². The highest BCUT2D eigenvalue weighted by Gasteiger charge is 2.31. The fourth-order valence-electron chi connectivity index (χ4n) is 3.46. The minimum atomic E-state index is -4.38. The van der Waals surface area contributed by atoms with Crippen LogP contribution in [0.4, 0.5) is 35.9 Å². The van der Waals surface area contributed by atoms with E-state index >= 15 is 0 Å². The van der Waals surface area contributed by atoms with Crippen molar-refractivity contribution >= 4 is 29.0 Å². The summed E-state index contributed by atoms with van der Waals surface area (Å²) in [5.74, 6) is 0. The smallest absolute Gasteiger partial charge is 0.368 e. The molecule has 7 heteroatoms. The highest BCUT2D eigenvalue weighted by molar-refractivity contribution is 6.01. The molecule has 136 valence electrons. The molecule has 0 amide bonds. The third-order valence-electron chi connectivity index (χ3n) is 4.78. The van der Waals surface area contributed by atoms with Gasteiger partial charge >= 0.3 is 6.18 Å². The van der Waals surface area contributed by atoms with E-state index in [-0.39, 0.29) is 0 Å². The first-order valence-electron chi connectivity index (χ1n) is 8.55. The van der Waals surface area contributed by atoms with E-state index in [1.165, 1.54) is 6.07 Å². The van der Waals surface area contributed by atoms with E-state index in [4.69, 9.17) is 0 Å². The van der Waals surface area contributed by atoms with Crippen molar-refractivity contribution < 1.29 is 13.2 Å². The fourth-order valence-corrected chi connectivity index (χ4v) is 3.46. The van der Waals surface area contributed by atoms with Gasteiger partial charge in [-0.2, -0.15) is 13.2 Å². The van der Waals surface area contributed by atoms with Gasteiger partial charge in [0.15, 0.2) is 0 Å². The number of fused-ring (bicyclic) bond motifs is 2. The zero-order chi connectivity index (χ0) is 18.3. The molecule has 1 fully saturated rings. The standard InChI is InChI=1S/C19H19F3N4/c1-12-2-4-15-14(18(12)26-8-6-23-7-9-26)11-24-17-10-13(19(20,21)22)3-5-16(17)25-15/h2-5,10-11,23,25H,6-9H2,1H3. The van der Waals surface area contributed by atoms with Crippen LogP contribution in [0.5, 0.6) is 0 Å². The Kier molecular flexibility index (Phi) is 4.11. The average Bonchev–Trinajstić information content (AvgIpc) is 2.80. The van der Waals surface area contributed by atoms with Crippen LogP contribution in [0.25, 0.3) is 0 Å². The minimum absolute atomic E-state index is 0.292. The number of piperazine rings is 1. The van der Waals surface area contributed by atoms with Crippen LogP contribution in [0.3, 0.4) is 0 Å². The maximum absolute atomic E-state index is 13.0. The Balaban J connectivity index is 1.79. The molecule has 1 saturated heterocycles. The Morgan fingerprint density at radius 2 is 1.77 bits per heavy atom. The largest absolute Gasteiger partial charge is 0.416 e. The molecule has 0 unspecified atom stereocenters. The second kappa shape index (κ2) is 6.32. The molecule has 0 bridgehead atoms. The van der Waals surface area contributed by atoms with Gasteiger partial charge in [-0.25, -0.2) is 0 Å². The van der Waals surface area contributed by atoms with Crippen LogP contribution in [0.2, 0.25) is 0 Å². The number of halogens is 3. The van der Waals surface area contributed by atoms with Gasteiger partial charge in [0.25, 0.3) is 0 Å². The number of hydrogen-bond donors (Lipinski definition) is 2. The monoisotopic (exact) mass is 360 g/mol. The molecule has 4 nitrogen and oxygen atoms in total. The number of benzene rings is 2. The molecule has 26 heavy (non-hydrogen) atoms. The second-order valence-electron chi connectivity index (χ2n) is 6.54. The van der Waals surface area contributed by atoms with E-state index in [9.17, 15) is 13.2 Å². The fraction of sp³-hybridized carbons (Fsp3) is 0.316. The number of nitrogens with zero attached hydrogens (tertiary/aromatic N) is 2. The van der Waals surface area contributed by atoms with E-state index in [0.717, 1.165) is 60.8 Å². The zero-order valence-corrected chi connectivity index (χ0v) is 14.3. The first kappa shape index (κ1) is 16.9. The highest BCUT2D eigenvalue weighted by atomic mass is 19.4. The predicted molar refractivity (Wildman–Crippen MR) is 98.2 cm³/mol. The van der Waals surface area contributed by atoms with Gasteiger partial charge < -0.3 is 15.5 Å². The molecule has 0 aromatic heterocycles. The molecule has 2 heterocycles. The molecule has 2 N–H and O–H groups in total. The van der Waals surface area contributed by atoms with Crippen LogP contribution in [0.15, 0.2) is 35.3 Å². The molecular formula is C19H19F3N4. The predicted octanol–water partition coefficient (Wildman–Crippen LogP) is 4.23. The number of anilines is 3. The lowest BCUT2D eigenvalue weighted by molar-refractivity contribution is -0.137. The number of nitrogens with one attached hydrogen (secondary N) is 2. The van der Waals surface area contributed by atoms with Crippen molar-refractivity contribution in [2.24, 2.45) is 4.99 Å². The van der Waals surface area contributed by atoms with Gasteiger partial charge in [-0.05, 0) is 36.8 Å². The molecule has 2 aliphatic rings. The average molecular weight is 360 g/mol. The molecule has 0 radical (unpaired) electrons. The first-order valence-corrected chi connectivity index (χ1v) is 8.55. The summed E-state index contributed by atoms with van der Waals surface area (Å²) in [5, 5.41) is 6.59. The summed E-state index contributed by atoms with van der Waals surface area (Å²) in [5.41, 5.74) is 4.15. The van der Waals surface area contributed by atoms with Gasteiger partial charge in [0.2, 0.25) is 0 Å². The molecule has 4 rings (SSSR count). The van der Waals surface area contributed by atoms with E-state index in [0.29, 0.717) is 11.4 Å². The van der Waals surface area contributed by atoms with Gasteiger partial charge in [0, 0.05) is 43.6 Å². The Hall–Kier alpha value is -2.54. The summed E-state index contributed by atoms with van der Waals surface area (Å²) in [6, 6.07) is 7.59. The van der Waals surface area contributed by atoms with Crippen molar-refractivity contribution in [1.82, 2.24) is 5.32 Å². The molecular weight excluding hydrogens is 341 g/mol. The van der Waals surface area contributed by atoms with Crippen LogP contribution in [-0.2, 0) is 6.18 Å². The van der Waals surface area contributed by atoms with Crippen molar-refractivity contribution in [2.75, 3.05) is 36.4 Å². The lowest BCUT2D eigenvalue weighted by Gasteiger charge is -2.32. The molecule has 0 spiro atoms. The Morgan fingerprint density at radius 1 is 1.04 bits per heavy atom. The van der Waals surface area contributed by atoms with Gasteiger partial charge in [0.1, 0.15) is 0 Å². The van der Waals surface area contributed by atoms with Crippen molar-refractivity contribution in [3.05, 3.63) is 47.0 Å². The third-order valence-corrected chi connectivity index (χ3v) is 4.78. The summed E-state index contributed by atoms with van der Waals surface area (Å²) in [7, 11) is 0. The Bertz CT molecular complexity index is 868. The minimum Gasteiger partial charge on any atom is -0.368 e. The summed E-state index contributed by atoms with van der Waals surface area (Å²) in [4.78, 5) is 6.67.